The van der Waals surface area contributed by atoms with Crippen LogP contribution in [0.25, 0.3) is 0 Å². The van der Waals surface area contributed by atoms with E-state index in [1.54, 1.807) is 17.8 Å². The Morgan fingerprint density at radius 3 is 2.94 bits per heavy atom. The molecule has 1 saturated heterocycles. The standard InChI is InChI=1S/C13H18N2O2S/c1-10(16)7-11-5-3-2-4-6-15(11)13(17)12-8-18-9-14-12/h8-9,11H,2-7H2,1H3. The van der Waals surface area contributed by atoms with Crippen molar-refractivity contribution in [3.8, 4) is 0 Å². The lowest BCUT2D eigenvalue weighted by Gasteiger charge is -2.28. The van der Waals surface area contributed by atoms with E-state index in [1.807, 2.05) is 4.90 Å². The summed E-state index contributed by atoms with van der Waals surface area (Å²) in [5.41, 5.74) is 2.18. The third-order valence-electron chi connectivity index (χ3n) is 3.31. The van der Waals surface area contributed by atoms with Gasteiger partial charge in [-0.3, -0.25) is 9.59 Å². The van der Waals surface area contributed by atoms with Crippen LogP contribution in [0.5, 0.6) is 0 Å². The van der Waals surface area contributed by atoms with Crippen LogP contribution in [-0.4, -0.2) is 34.2 Å². The van der Waals surface area contributed by atoms with Crippen molar-refractivity contribution in [1.82, 2.24) is 9.88 Å². The van der Waals surface area contributed by atoms with Gasteiger partial charge in [-0.15, -0.1) is 11.3 Å². The first-order chi connectivity index (χ1) is 8.68. The van der Waals surface area contributed by atoms with Gasteiger partial charge in [0.05, 0.1) is 5.51 Å². The van der Waals surface area contributed by atoms with Crippen molar-refractivity contribution in [3.63, 3.8) is 0 Å². The second-order valence-electron chi connectivity index (χ2n) is 4.78. The van der Waals surface area contributed by atoms with Crippen LogP contribution in [-0.2, 0) is 4.79 Å². The summed E-state index contributed by atoms with van der Waals surface area (Å²) in [5, 5.41) is 1.78. The highest BCUT2D eigenvalue weighted by atomic mass is 32.1. The highest BCUT2D eigenvalue weighted by Crippen LogP contribution is 2.21. The molecule has 0 aromatic carbocycles. The van der Waals surface area contributed by atoms with E-state index in [0.717, 1.165) is 32.2 Å². The summed E-state index contributed by atoms with van der Waals surface area (Å²) in [6, 6.07) is 0.0548. The Kier molecular flexibility index (Phi) is 4.47. The summed E-state index contributed by atoms with van der Waals surface area (Å²) in [6.07, 6.45) is 4.64. The molecule has 4 nitrogen and oxygen atoms in total. The molecule has 0 aliphatic carbocycles. The SMILES string of the molecule is CC(=O)CC1CCCCCN1C(=O)c1cscn1. The number of amides is 1. The summed E-state index contributed by atoms with van der Waals surface area (Å²) in [4.78, 5) is 29.6. The third kappa shape index (κ3) is 3.16. The number of carbonyl (C=O) groups is 2. The number of aromatic nitrogens is 1. The topological polar surface area (TPSA) is 50.3 Å². The van der Waals surface area contributed by atoms with E-state index < -0.39 is 0 Å². The first-order valence-corrected chi connectivity index (χ1v) is 7.31. The maximum absolute atomic E-state index is 12.4. The Hall–Kier alpha value is -1.23. The molecule has 18 heavy (non-hydrogen) atoms. The minimum Gasteiger partial charge on any atom is -0.334 e. The van der Waals surface area contributed by atoms with Crippen molar-refractivity contribution in [2.24, 2.45) is 0 Å². The maximum Gasteiger partial charge on any atom is 0.273 e. The van der Waals surface area contributed by atoms with E-state index in [-0.39, 0.29) is 17.7 Å². The van der Waals surface area contributed by atoms with Gasteiger partial charge < -0.3 is 4.90 Å². The van der Waals surface area contributed by atoms with Gasteiger partial charge in [-0.2, -0.15) is 0 Å². The van der Waals surface area contributed by atoms with Crippen molar-refractivity contribution in [2.75, 3.05) is 6.54 Å². The Labute approximate surface area is 111 Å². The van der Waals surface area contributed by atoms with Crippen molar-refractivity contribution >= 4 is 23.0 Å². The molecule has 2 heterocycles. The predicted octanol–water partition coefficient (Wildman–Crippen LogP) is 2.51. The van der Waals surface area contributed by atoms with E-state index >= 15 is 0 Å². The molecule has 1 aromatic rings. The second-order valence-corrected chi connectivity index (χ2v) is 5.50. The normalized spacial score (nSPS) is 20.5. The van der Waals surface area contributed by atoms with Crippen LogP contribution < -0.4 is 0 Å². The average Bonchev–Trinajstić information content (AvgIpc) is 2.76. The minimum absolute atomic E-state index is 0.0237. The number of hydrogen-bond acceptors (Lipinski definition) is 4. The van der Waals surface area contributed by atoms with Gasteiger partial charge in [0.2, 0.25) is 0 Å². The van der Waals surface area contributed by atoms with Crippen molar-refractivity contribution in [3.05, 3.63) is 16.6 Å². The summed E-state index contributed by atoms with van der Waals surface area (Å²) < 4.78 is 0. The fraction of sp³-hybridized carbons (Fsp3) is 0.615. The molecule has 1 aliphatic heterocycles. The molecule has 2 rings (SSSR count). The van der Waals surface area contributed by atoms with Crippen LogP contribution in [0.1, 0.15) is 49.5 Å². The van der Waals surface area contributed by atoms with E-state index in [2.05, 4.69) is 4.98 Å². The van der Waals surface area contributed by atoms with Crippen LogP contribution in [0.4, 0.5) is 0 Å². The molecule has 98 valence electrons. The molecule has 1 aliphatic rings. The molecule has 1 atom stereocenters. The number of thiazole rings is 1. The first-order valence-electron chi connectivity index (χ1n) is 6.37. The molecule has 0 saturated carbocycles. The molecule has 1 fully saturated rings. The summed E-state index contributed by atoms with van der Waals surface area (Å²) in [5.74, 6) is 0.127. The number of rotatable bonds is 3. The fourth-order valence-corrected chi connectivity index (χ4v) is 2.98. The molecule has 0 N–H and O–H groups in total. The molecule has 0 radical (unpaired) electrons. The number of hydrogen-bond donors (Lipinski definition) is 0. The Morgan fingerprint density at radius 2 is 2.28 bits per heavy atom. The molecule has 0 bridgehead atoms. The van der Waals surface area contributed by atoms with Crippen LogP contribution in [0.15, 0.2) is 10.9 Å². The lowest BCUT2D eigenvalue weighted by molar-refractivity contribution is -0.118. The zero-order valence-electron chi connectivity index (χ0n) is 10.6. The predicted molar refractivity (Wildman–Crippen MR) is 70.7 cm³/mol. The summed E-state index contributed by atoms with van der Waals surface area (Å²) in [6.45, 7) is 2.34. The Morgan fingerprint density at radius 1 is 1.44 bits per heavy atom. The van der Waals surface area contributed by atoms with Gasteiger partial charge in [0.15, 0.2) is 0 Å². The van der Waals surface area contributed by atoms with Crippen molar-refractivity contribution in [1.29, 1.82) is 0 Å². The van der Waals surface area contributed by atoms with Gasteiger partial charge in [0.25, 0.3) is 5.91 Å². The number of nitrogens with zero attached hydrogens (tertiary/aromatic N) is 2. The van der Waals surface area contributed by atoms with Gasteiger partial charge in [-0.05, 0) is 19.8 Å². The molecule has 5 heteroatoms. The number of likely N-dealkylation sites (tertiary alicyclic amines) is 1. The van der Waals surface area contributed by atoms with Gasteiger partial charge in [-0.25, -0.2) is 4.98 Å². The monoisotopic (exact) mass is 266 g/mol. The summed E-state index contributed by atoms with van der Waals surface area (Å²) >= 11 is 1.43. The highest BCUT2D eigenvalue weighted by molar-refractivity contribution is 7.07. The quantitative estimate of drug-likeness (QED) is 0.844. The number of Topliss-reactive ketones (excluding diaryl/α,β-unsaturated/α-hetero) is 1. The first kappa shape index (κ1) is 13.2. The Bertz CT molecular complexity index is 417. The van der Waals surface area contributed by atoms with E-state index in [0.29, 0.717) is 12.1 Å². The maximum atomic E-state index is 12.4. The molecular weight excluding hydrogens is 248 g/mol. The van der Waals surface area contributed by atoms with Gasteiger partial charge >= 0.3 is 0 Å². The van der Waals surface area contributed by atoms with Crippen LogP contribution in [0, 0.1) is 0 Å². The largest absolute Gasteiger partial charge is 0.334 e. The number of carbonyl (C=O) groups excluding carboxylic acids is 2. The molecule has 0 spiro atoms. The highest BCUT2D eigenvalue weighted by Gasteiger charge is 2.27. The Balaban J connectivity index is 2.14. The second kappa shape index (κ2) is 6.09. The molecule has 1 unspecified atom stereocenters. The van der Waals surface area contributed by atoms with E-state index in [4.69, 9.17) is 0 Å². The lowest BCUT2D eigenvalue weighted by atomic mass is 10.0. The van der Waals surface area contributed by atoms with Crippen molar-refractivity contribution < 1.29 is 9.59 Å². The van der Waals surface area contributed by atoms with Gasteiger partial charge in [0, 0.05) is 24.4 Å². The van der Waals surface area contributed by atoms with E-state index in [1.165, 1.54) is 11.3 Å². The molecule has 1 amide bonds. The van der Waals surface area contributed by atoms with Gasteiger partial charge in [-0.1, -0.05) is 12.8 Å². The lowest BCUT2D eigenvalue weighted by Crippen LogP contribution is -2.41. The average molecular weight is 266 g/mol. The zero-order valence-corrected chi connectivity index (χ0v) is 11.4. The van der Waals surface area contributed by atoms with Crippen molar-refractivity contribution in [2.45, 2.75) is 45.1 Å². The molecule has 1 aromatic heterocycles. The van der Waals surface area contributed by atoms with Crippen LogP contribution in [0.2, 0.25) is 0 Å². The summed E-state index contributed by atoms with van der Waals surface area (Å²) in [7, 11) is 0. The zero-order chi connectivity index (χ0) is 13.0. The van der Waals surface area contributed by atoms with Crippen LogP contribution in [0.3, 0.4) is 0 Å². The third-order valence-corrected chi connectivity index (χ3v) is 3.90. The van der Waals surface area contributed by atoms with E-state index in [9.17, 15) is 9.59 Å². The van der Waals surface area contributed by atoms with Gasteiger partial charge in [0.1, 0.15) is 11.5 Å². The minimum atomic E-state index is -0.0237. The smallest absolute Gasteiger partial charge is 0.273 e. The fourth-order valence-electron chi connectivity index (χ4n) is 2.45. The van der Waals surface area contributed by atoms with Crippen LogP contribution >= 0.6 is 11.3 Å². The molecular formula is C13H18N2O2S. The number of ketones is 1.